The van der Waals surface area contributed by atoms with Crippen LogP contribution < -0.4 is 10.1 Å². The molecule has 1 amide bonds. The van der Waals surface area contributed by atoms with Crippen molar-refractivity contribution in [3.05, 3.63) is 64.1 Å². The van der Waals surface area contributed by atoms with Crippen molar-refractivity contribution in [3.8, 4) is 5.75 Å². The van der Waals surface area contributed by atoms with Gasteiger partial charge in [-0.05, 0) is 36.4 Å². The SMILES string of the molecule is O=C(COC(=O)C1=Cc2ccccc2OC1)Nc1ccc(Br)cc1. The van der Waals surface area contributed by atoms with Crippen LogP contribution in [0.1, 0.15) is 5.56 Å². The highest BCUT2D eigenvalue weighted by Gasteiger charge is 2.19. The molecular weight excluding hydrogens is 374 g/mol. The third-order valence-corrected chi connectivity index (χ3v) is 3.89. The van der Waals surface area contributed by atoms with Crippen molar-refractivity contribution >= 4 is 39.6 Å². The van der Waals surface area contributed by atoms with Crippen LogP contribution in [0.5, 0.6) is 5.75 Å². The van der Waals surface area contributed by atoms with Gasteiger partial charge in [0.25, 0.3) is 5.91 Å². The number of para-hydroxylation sites is 1. The zero-order chi connectivity index (χ0) is 16.9. The molecule has 3 rings (SSSR count). The van der Waals surface area contributed by atoms with E-state index in [0.717, 1.165) is 15.8 Å². The molecule has 122 valence electrons. The average molecular weight is 388 g/mol. The van der Waals surface area contributed by atoms with Gasteiger partial charge in [-0.3, -0.25) is 4.79 Å². The molecule has 0 spiro atoms. The van der Waals surface area contributed by atoms with Crippen LogP contribution in [-0.2, 0) is 14.3 Å². The van der Waals surface area contributed by atoms with Gasteiger partial charge in [0, 0.05) is 15.7 Å². The highest BCUT2D eigenvalue weighted by Crippen LogP contribution is 2.26. The Labute approximate surface area is 147 Å². The van der Waals surface area contributed by atoms with Gasteiger partial charge in [-0.25, -0.2) is 4.79 Å². The Morgan fingerprint density at radius 1 is 1.12 bits per heavy atom. The van der Waals surface area contributed by atoms with Gasteiger partial charge in [-0.1, -0.05) is 34.1 Å². The molecule has 24 heavy (non-hydrogen) atoms. The van der Waals surface area contributed by atoms with Crippen LogP contribution >= 0.6 is 15.9 Å². The largest absolute Gasteiger partial charge is 0.488 e. The van der Waals surface area contributed by atoms with Crippen LogP contribution in [0.4, 0.5) is 5.69 Å². The fraction of sp³-hybridized carbons (Fsp3) is 0.111. The summed E-state index contributed by atoms with van der Waals surface area (Å²) < 4.78 is 11.5. The molecule has 0 saturated heterocycles. The molecule has 0 radical (unpaired) electrons. The maximum absolute atomic E-state index is 12.1. The van der Waals surface area contributed by atoms with E-state index in [-0.39, 0.29) is 13.2 Å². The third kappa shape index (κ3) is 4.02. The summed E-state index contributed by atoms with van der Waals surface area (Å²) in [6, 6.07) is 14.5. The third-order valence-electron chi connectivity index (χ3n) is 3.36. The molecule has 1 aliphatic rings. The van der Waals surface area contributed by atoms with E-state index in [4.69, 9.17) is 9.47 Å². The van der Waals surface area contributed by atoms with Gasteiger partial charge in [0.1, 0.15) is 12.4 Å². The zero-order valence-corrected chi connectivity index (χ0v) is 14.2. The molecule has 0 atom stereocenters. The second-order valence-electron chi connectivity index (χ2n) is 5.13. The number of carbonyl (C=O) groups is 2. The van der Waals surface area contributed by atoms with Crippen LogP contribution in [0.3, 0.4) is 0 Å². The molecule has 2 aromatic carbocycles. The number of ether oxygens (including phenoxy) is 2. The second kappa shape index (κ2) is 7.31. The van der Waals surface area contributed by atoms with Crippen LogP contribution in [0.25, 0.3) is 6.08 Å². The molecule has 6 heteroatoms. The number of anilines is 1. The van der Waals surface area contributed by atoms with E-state index in [9.17, 15) is 9.59 Å². The standard InChI is InChI=1S/C18H14BrNO4/c19-14-5-7-15(8-6-14)20-17(21)11-24-18(22)13-9-12-3-1-2-4-16(12)23-10-13/h1-9H,10-11H2,(H,20,21). The lowest BCUT2D eigenvalue weighted by atomic mass is 10.1. The number of halogens is 1. The molecule has 0 bridgehead atoms. The predicted molar refractivity (Wildman–Crippen MR) is 93.6 cm³/mol. The lowest BCUT2D eigenvalue weighted by Gasteiger charge is -2.16. The highest BCUT2D eigenvalue weighted by molar-refractivity contribution is 9.10. The lowest BCUT2D eigenvalue weighted by molar-refractivity contribution is -0.143. The van der Waals surface area contributed by atoms with Crippen LogP contribution in [0.2, 0.25) is 0 Å². The average Bonchev–Trinajstić information content (AvgIpc) is 2.61. The topological polar surface area (TPSA) is 64.6 Å². The van der Waals surface area contributed by atoms with Gasteiger partial charge in [0.05, 0.1) is 5.57 Å². The Balaban J connectivity index is 1.55. The number of fused-ring (bicyclic) bond motifs is 1. The van der Waals surface area contributed by atoms with E-state index in [1.54, 1.807) is 18.2 Å². The molecule has 1 N–H and O–H groups in total. The van der Waals surface area contributed by atoms with Gasteiger partial charge in [0.15, 0.2) is 6.61 Å². The first-order valence-corrected chi connectivity index (χ1v) is 8.06. The first-order chi connectivity index (χ1) is 11.6. The Morgan fingerprint density at radius 3 is 2.67 bits per heavy atom. The van der Waals surface area contributed by atoms with Crippen molar-refractivity contribution in [2.75, 3.05) is 18.5 Å². The predicted octanol–water partition coefficient (Wildman–Crippen LogP) is 3.41. The van der Waals surface area contributed by atoms with E-state index in [1.165, 1.54) is 0 Å². The maximum Gasteiger partial charge on any atom is 0.338 e. The van der Waals surface area contributed by atoms with Gasteiger partial charge >= 0.3 is 5.97 Å². The van der Waals surface area contributed by atoms with Gasteiger partial charge < -0.3 is 14.8 Å². The molecular formula is C18H14BrNO4. The zero-order valence-electron chi connectivity index (χ0n) is 12.6. The summed E-state index contributed by atoms with van der Waals surface area (Å²) in [5.41, 5.74) is 1.83. The van der Waals surface area contributed by atoms with Gasteiger partial charge in [0.2, 0.25) is 0 Å². The Hall–Kier alpha value is -2.60. The van der Waals surface area contributed by atoms with Crippen molar-refractivity contribution < 1.29 is 19.1 Å². The number of nitrogens with one attached hydrogen (secondary N) is 1. The molecule has 0 fully saturated rings. The Morgan fingerprint density at radius 2 is 1.88 bits per heavy atom. The molecule has 0 aliphatic carbocycles. The molecule has 0 aromatic heterocycles. The summed E-state index contributed by atoms with van der Waals surface area (Å²) in [6.07, 6.45) is 1.72. The first-order valence-electron chi connectivity index (χ1n) is 7.27. The normalized spacial score (nSPS) is 12.5. The highest BCUT2D eigenvalue weighted by atomic mass is 79.9. The van der Waals surface area contributed by atoms with Crippen molar-refractivity contribution in [2.24, 2.45) is 0 Å². The van der Waals surface area contributed by atoms with E-state index in [0.29, 0.717) is 11.3 Å². The lowest BCUT2D eigenvalue weighted by Crippen LogP contribution is -2.23. The molecule has 0 unspecified atom stereocenters. The van der Waals surface area contributed by atoms with Gasteiger partial charge in [-0.2, -0.15) is 0 Å². The molecule has 0 saturated carbocycles. The summed E-state index contributed by atoms with van der Waals surface area (Å²) in [4.78, 5) is 23.9. The molecule has 1 aliphatic heterocycles. The van der Waals surface area contributed by atoms with Crippen molar-refractivity contribution in [1.82, 2.24) is 0 Å². The van der Waals surface area contributed by atoms with Crippen molar-refractivity contribution in [2.45, 2.75) is 0 Å². The minimum Gasteiger partial charge on any atom is -0.488 e. The Kier molecular flexibility index (Phi) is 4.96. The van der Waals surface area contributed by atoms with Crippen LogP contribution in [0, 0.1) is 0 Å². The number of esters is 1. The van der Waals surface area contributed by atoms with E-state index in [1.807, 2.05) is 36.4 Å². The van der Waals surface area contributed by atoms with E-state index < -0.39 is 11.9 Å². The quantitative estimate of drug-likeness (QED) is 0.816. The summed E-state index contributed by atoms with van der Waals surface area (Å²) in [5, 5.41) is 2.66. The van der Waals surface area contributed by atoms with E-state index >= 15 is 0 Å². The molecule has 5 nitrogen and oxygen atoms in total. The fourth-order valence-corrected chi connectivity index (χ4v) is 2.45. The summed E-state index contributed by atoms with van der Waals surface area (Å²) in [7, 11) is 0. The number of hydrogen-bond acceptors (Lipinski definition) is 4. The fourth-order valence-electron chi connectivity index (χ4n) is 2.19. The van der Waals surface area contributed by atoms with Crippen molar-refractivity contribution in [3.63, 3.8) is 0 Å². The van der Waals surface area contributed by atoms with Crippen LogP contribution in [-0.4, -0.2) is 25.1 Å². The smallest absolute Gasteiger partial charge is 0.338 e. The monoisotopic (exact) mass is 387 g/mol. The Bertz CT molecular complexity index is 799. The number of carbonyl (C=O) groups excluding carboxylic acids is 2. The minimum absolute atomic E-state index is 0.129. The second-order valence-corrected chi connectivity index (χ2v) is 6.04. The summed E-state index contributed by atoms with van der Waals surface area (Å²) in [6.45, 7) is -0.224. The van der Waals surface area contributed by atoms with E-state index in [2.05, 4.69) is 21.2 Å². The van der Waals surface area contributed by atoms with Gasteiger partial charge in [-0.15, -0.1) is 0 Å². The number of hydrogen-bond donors (Lipinski definition) is 1. The van der Waals surface area contributed by atoms with Crippen LogP contribution in [0.15, 0.2) is 58.6 Å². The summed E-state index contributed by atoms with van der Waals surface area (Å²) >= 11 is 3.32. The number of rotatable bonds is 4. The number of amides is 1. The first kappa shape index (κ1) is 16.3. The van der Waals surface area contributed by atoms with Crippen molar-refractivity contribution in [1.29, 1.82) is 0 Å². The summed E-state index contributed by atoms with van der Waals surface area (Å²) in [5.74, 6) is -0.235. The minimum atomic E-state index is -0.560. The number of benzene rings is 2. The maximum atomic E-state index is 12.1. The molecule has 2 aromatic rings. The molecule has 1 heterocycles.